The number of rotatable bonds is 3. The molecule has 0 amide bonds. The molecule has 0 radical (unpaired) electrons. The van der Waals surface area contributed by atoms with Crippen molar-refractivity contribution >= 4 is 17.9 Å². The molecule has 0 aliphatic heterocycles. The fraction of sp³-hybridized carbons (Fsp3) is 0.0714. The molecule has 0 saturated heterocycles. The Morgan fingerprint density at radius 1 is 1.16 bits per heavy atom. The molecule has 19 heavy (non-hydrogen) atoms. The van der Waals surface area contributed by atoms with Crippen LogP contribution in [0.25, 0.3) is 0 Å². The quantitative estimate of drug-likeness (QED) is 0.848. The number of phenolic OH excluding ortho intramolecular Hbond substituents is 2. The van der Waals surface area contributed by atoms with Gasteiger partial charge in [0.1, 0.15) is 17.3 Å². The molecule has 0 bridgehead atoms. The number of carbonyl (C=O) groups is 1. The Labute approximate surface area is 113 Å². The second kappa shape index (κ2) is 5.28. The van der Waals surface area contributed by atoms with E-state index in [4.69, 9.17) is 11.6 Å². The maximum atomic E-state index is 13.7. The summed E-state index contributed by atoms with van der Waals surface area (Å²) in [5, 5.41) is 19.8. The van der Waals surface area contributed by atoms with Crippen LogP contribution in [-0.2, 0) is 6.42 Å². The van der Waals surface area contributed by atoms with Crippen LogP contribution in [0.15, 0.2) is 30.3 Å². The zero-order valence-corrected chi connectivity index (χ0v) is 10.5. The van der Waals surface area contributed by atoms with Crippen molar-refractivity contribution in [2.45, 2.75) is 6.42 Å². The summed E-state index contributed by atoms with van der Waals surface area (Å²) < 4.78 is 13.7. The lowest BCUT2D eigenvalue weighted by Gasteiger charge is -2.11. The summed E-state index contributed by atoms with van der Waals surface area (Å²) in [6, 6.07) is 6.76. The van der Waals surface area contributed by atoms with Crippen molar-refractivity contribution in [1.29, 1.82) is 0 Å². The topological polar surface area (TPSA) is 57.5 Å². The van der Waals surface area contributed by atoms with Crippen LogP contribution in [0.4, 0.5) is 4.39 Å². The summed E-state index contributed by atoms with van der Waals surface area (Å²) in [6.45, 7) is 0. The van der Waals surface area contributed by atoms with Crippen molar-refractivity contribution in [2.75, 3.05) is 0 Å². The van der Waals surface area contributed by atoms with E-state index in [1.54, 1.807) is 0 Å². The number of aromatic hydroxyl groups is 2. The molecule has 0 aliphatic rings. The average Bonchev–Trinajstić information content (AvgIpc) is 2.37. The summed E-state index contributed by atoms with van der Waals surface area (Å²) in [5.41, 5.74) is 0.245. The van der Waals surface area contributed by atoms with Gasteiger partial charge in [-0.25, -0.2) is 4.39 Å². The van der Waals surface area contributed by atoms with Gasteiger partial charge in [-0.1, -0.05) is 17.7 Å². The van der Waals surface area contributed by atoms with Gasteiger partial charge in [-0.3, -0.25) is 4.79 Å². The molecular weight excluding hydrogens is 271 g/mol. The van der Waals surface area contributed by atoms with Gasteiger partial charge in [-0.05, 0) is 24.3 Å². The Morgan fingerprint density at radius 2 is 1.89 bits per heavy atom. The summed E-state index contributed by atoms with van der Waals surface area (Å²) >= 11 is 5.88. The fourth-order valence-corrected chi connectivity index (χ4v) is 2.02. The molecule has 0 aromatic heterocycles. The van der Waals surface area contributed by atoms with Crippen LogP contribution in [-0.4, -0.2) is 16.5 Å². The van der Waals surface area contributed by atoms with E-state index >= 15 is 0 Å². The van der Waals surface area contributed by atoms with Crippen molar-refractivity contribution in [3.05, 3.63) is 57.9 Å². The molecule has 0 saturated carbocycles. The Morgan fingerprint density at radius 3 is 2.53 bits per heavy atom. The van der Waals surface area contributed by atoms with E-state index in [0.717, 1.165) is 0 Å². The minimum Gasteiger partial charge on any atom is -0.508 e. The molecule has 0 unspecified atom stereocenters. The number of hydrogen-bond acceptors (Lipinski definition) is 3. The van der Waals surface area contributed by atoms with Gasteiger partial charge in [0.05, 0.1) is 5.56 Å². The second-order valence-corrected chi connectivity index (χ2v) is 4.40. The third-order valence-corrected chi connectivity index (χ3v) is 3.19. The van der Waals surface area contributed by atoms with Gasteiger partial charge >= 0.3 is 0 Å². The van der Waals surface area contributed by atoms with Gasteiger partial charge < -0.3 is 10.2 Å². The largest absolute Gasteiger partial charge is 0.508 e. The standard InChI is InChI=1S/C14H10ClFO3/c15-11-2-1-3-12(16)9(11)6-10-13(18)5-4-8(7-17)14(10)19/h1-5,7,18-19H,6H2. The zero-order chi connectivity index (χ0) is 14.0. The Balaban J connectivity index is 2.52. The number of hydrogen-bond donors (Lipinski definition) is 2. The predicted molar refractivity (Wildman–Crippen MR) is 69.4 cm³/mol. The zero-order valence-electron chi connectivity index (χ0n) is 9.73. The van der Waals surface area contributed by atoms with E-state index in [-0.39, 0.29) is 39.6 Å². The number of phenols is 2. The van der Waals surface area contributed by atoms with Crippen LogP contribution in [0.1, 0.15) is 21.5 Å². The highest BCUT2D eigenvalue weighted by Gasteiger charge is 2.16. The van der Waals surface area contributed by atoms with Gasteiger partial charge in [0.25, 0.3) is 0 Å². The summed E-state index contributed by atoms with van der Waals surface area (Å²) in [7, 11) is 0. The van der Waals surface area contributed by atoms with Crippen LogP contribution in [0.5, 0.6) is 11.5 Å². The number of benzene rings is 2. The first-order chi connectivity index (χ1) is 9.04. The van der Waals surface area contributed by atoms with Crippen LogP contribution in [0.2, 0.25) is 5.02 Å². The van der Waals surface area contributed by atoms with Crippen molar-refractivity contribution < 1.29 is 19.4 Å². The van der Waals surface area contributed by atoms with Crippen molar-refractivity contribution in [3.63, 3.8) is 0 Å². The SMILES string of the molecule is O=Cc1ccc(O)c(Cc2c(F)cccc2Cl)c1O. The van der Waals surface area contributed by atoms with E-state index in [1.165, 1.54) is 30.3 Å². The summed E-state index contributed by atoms with van der Waals surface area (Å²) in [5.74, 6) is -1.13. The second-order valence-electron chi connectivity index (χ2n) is 4.00. The molecule has 0 heterocycles. The number of carbonyl (C=O) groups excluding carboxylic acids is 1. The first-order valence-electron chi connectivity index (χ1n) is 5.46. The van der Waals surface area contributed by atoms with Gasteiger partial charge in [0, 0.05) is 22.6 Å². The molecule has 0 spiro atoms. The van der Waals surface area contributed by atoms with Gasteiger partial charge in [0.15, 0.2) is 6.29 Å². The van der Waals surface area contributed by atoms with Crippen molar-refractivity contribution in [3.8, 4) is 11.5 Å². The lowest BCUT2D eigenvalue weighted by atomic mass is 10.00. The van der Waals surface area contributed by atoms with E-state index < -0.39 is 5.82 Å². The van der Waals surface area contributed by atoms with E-state index in [9.17, 15) is 19.4 Å². The fourth-order valence-electron chi connectivity index (χ4n) is 1.79. The molecule has 2 N–H and O–H groups in total. The highest BCUT2D eigenvalue weighted by molar-refractivity contribution is 6.31. The smallest absolute Gasteiger partial charge is 0.153 e. The molecule has 2 rings (SSSR count). The minimum atomic E-state index is -0.539. The Hall–Kier alpha value is -2.07. The van der Waals surface area contributed by atoms with Crippen molar-refractivity contribution in [1.82, 2.24) is 0 Å². The van der Waals surface area contributed by atoms with Crippen LogP contribution < -0.4 is 0 Å². The Bertz CT molecular complexity index is 621. The third kappa shape index (κ3) is 2.53. The van der Waals surface area contributed by atoms with Crippen molar-refractivity contribution in [2.24, 2.45) is 0 Å². The van der Waals surface area contributed by atoms with Gasteiger partial charge in [-0.15, -0.1) is 0 Å². The van der Waals surface area contributed by atoms with E-state index in [0.29, 0.717) is 6.29 Å². The predicted octanol–water partition coefficient (Wildman–Crippen LogP) is 3.29. The number of halogens is 2. The molecular formula is C14H10ClFO3. The average molecular weight is 281 g/mol. The molecule has 0 atom stereocenters. The van der Waals surface area contributed by atoms with Crippen LogP contribution in [0, 0.1) is 5.82 Å². The highest BCUT2D eigenvalue weighted by Crippen LogP contribution is 2.34. The maximum absolute atomic E-state index is 13.7. The first kappa shape index (κ1) is 13.4. The van der Waals surface area contributed by atoms with Gasteiger partial charge in [-0.2, -0.15) is 0 Å². The monoisotopic (exact) mass is 280 g/mol. The minimum absolute atomic E-state index is 0.0280. The highest BCUT2D eigenvalue weighted by atomic mass is 35.5. The molecule has 2 aromatic rings. The lowest BCUT2D eigenvalue weighted by Crippen LogP contribution is -1.97. The van der Waals surface area contributed by atoms with E-state index in [2.05, 4.69) is 0 Å². The molecule has 0 fully saturated rings. The van der Waals surface area contributed by atoms with Gasteiger partial charge in [0.2, 0.25) is 0 Å². The maximum Gasteiger partial charge on any atom is 0.153 e. The number of aldehydes is 1. The molecule has 98 valence electrons. The first-order valence-corrected chi connectivity index (χ1v) is 5.84. The molecule has 5 heteroatoms. The van der Waals surface area contributed by atoms with E-state index in [1.807, 2.05) is 0 Å². The normalized spacial score (nSPS) is 10.4. The third-order valence-electron chi connectivity index (χ3n) is 2.83. The lowest BCUT2D eigenvalue weighted by molar-refractivity contribution is 0.112. The molecule has 2 aromatic carbocycles. The van der Waals surface area contributed by atoms with Crippen LogP contribution >= 0.6 is 11.6 Å². The summed E-state index contributed by atoms with van der Waals surface area (Å²) in [4.78, 5) is 10.7. The Kier molecular flexibility index (Phi) is 3.71. The summed E-state index contributed by atoms with van der Waals surface area (Å²) in [6.07, 6.45) is 0.353. The molecule has 0 aliphatic carbocycles. The molecule has 3 nitrogen and oxygen atoms in total. The van der Waals surface area contributed by atoms with Crippen LogP contribution in [0.3, 0.4) is 0 Å².